The lowest BCUT2D eigenvalue weighted by molar-refractivity contribution is 0.669. The minimum absolute atomic E-state index is 0.474. The summed E-state index contributed by atoms with van der Waals surface area (Å²) >= 11 is 0. The number of rotatable bonds is 4. The van der Waals surface area contributed by atoms with Gasteiger partial charge in [0, 0.05) is 37.9 Å². The van der Waals surface area contributed by atoms with Crippen LogP contribution in [-0.4, -0.2) is 24.1 Å². The third-order valence-electron chi connectivity index (χ3n) is 15.2. The predicted octanol–water partition coefficient (Wildman–Crippen LogP) is 15.6. The van der Waals surface area contributed by atoms with Crippen LogP contribution in [0, 0.1) is 0 Å². The molecule has 6 nitrogen and oxygen atoms in total. The van der Waals surface area contributed by atoms with Gasteiger partial charge in [-0.25, -0.2) is 0 Å². The van der Waals surface area contributed by atoms with E-state index >= 15 is 0 Å². The van der Waals surface area contributed by atoms with Crippen molar-refractivity contribution in [1.82, 2.24) is 24.1 Å². The molecule has 4 aromatic heterocycles. The highest BCUT2D eigenvalue weighted by Crippen LogP contribution is 2.63. The molecular weight excluding hydrogens is 855 g/mol. The SMILES string of the molecule is c1ccc(-c2cccc3oc4cc(-c5nc(-n6c7ccccc7c7ccccc76)nc(-n6c7ccccc7c7cc8c(cc76)-c6ccccc6C86c7ccccc7-c7ccccc76)n5)ccc4c23)cc1. The smallest absolute Gasteiger partial charge is 0.240 e. The van der Waals surface area contributed by atoms with E-state index in [9.17, 15) is 0 Å². The van der Waals surface area contributed by atoms with Crippen molar-refractivity contribution in [1.29, 1.82) is 0 Å². The van der Waals surface area contributed by atoms with Crippen LogP contribution in [0.25, 0.3) is 122 Å². The first-order chi connectivity index (χ1) is 34.7. The van der Waals surface area contributed by atoms with Crippen molar-refractivity contribution in [2.45, 2.75) is 5.41 Å². The van der Waals surface area contributed by atoms with E-state index in [1.54, 1.807) is 0 Å². The predicted molar refractivity (Wildman–Crippen MR) is 283 cm³/mol. The molecule has 2 aliphatic carbocycles. The second-order valence-electron chi connectivity index (χ2n) is 18.6. The number of fused-ring (bicyclic) bond motifs is 19. The molecule has 14 aromatic rings. The highest BCUT2D eigenvalue weighted by molar-refractivity contribution is 6.14. The zero-order valence-corrected chi connectivity index (χ0v) is 37.5. The Balaban J connectivity index is 0.983. The van der Waals surface area contributed by atoms with Gasteiger partial charge in [0.05, 0.1) is 27.5 Å². The Morgan fingerprint density at radius 1 is 0.314 bits per heavy atom. The lowest BCUT2D eigenvalue weighted by Crippen LogP contribution is -2.25. The van der Waals surface area contributed by atoms with Crippen molar-refractivity contribution in [3.63, 3.8) is 0 Å². The van der Waals surface area contributed by atoms with Gasteiger partial charge in [0.1, 0.15) is 11.2 Å². The molecule has 0 saturated carbocycles. The largest absolute Gasteiger partial charge is 0.456 e. The molecule has 16 rings (SSSR count). The zero-order chi connectivity index (χ0) is 45.7. The van der Waals surface area contributed by atoms with Crippen LogP contribution in [0.15, 0.2) is 229 Å². The summed E-state index contributed by atoms with van der Waals surface area (Å²) in [6.45, 7) is 0. The van der Waals surface area contributed by atoms with E-state index in [4.69, 9.17) is 19.4 Å². The first-order valence-electron chi connectivity index (χ1n) is 23.9. The summed E-state index contributed by atoms with van der Waals surface area (Å²) in [5.74, 6) is 1.61. The van der Waals surface area contributed by atoms with Crippen LogP contribution >= 0.6 is 0 Å². The third-order valence-corrected chi connectivity index (χ3v) is 15.2. The number of aromatic nitrogens is 5. The fourth-order valence-corrected chi connectivity index (χ4v) is 12.4. The molecule has 4 heterocycles. The molecule has 70 heavy (non-hydrogen) atoms. The Morgan fingerprint density at radius 2 is 0.829 bits per heavy atom. The average molecular weight is 892 g/mol. The zero-order valence-electron chi connectivity index (χ0n) is 37.5. The number of hydrogen-bond donors (Lipinski definition) is 0. The summed E-state index contributed by atoms with van der Waals surface area (Å²) in [6, 6.07) is 80.7. The van der Waals surface area contributed by atoms with E-state index in [0.717, 1.165) is 82.2 Å². The van der Waals surface area contributed by atoms with Gasteiger partial charge < -0.3 is 4.42 Å². The van der Waals surface area contributed by atoms with E-state index in [-0.39, 0.29) is 0 Å². The molecule has 0 amide bonds. The lowest BCUT2D eigenvalue weighted by atomic mass is 9.70. The first-order valence-corrected chi connectivity index (χ1v) is 23.9. The summed E-state index contributed by atoms with van der Waals surface area (Å²) < 4.78 is 11.1. The molecule has 0 aliphatic heterocycles. The summed E-state index contributed by atoms with van der Waals surface area (Å²) in [4.78, 5) is 16.4. The molecule has 0 bridgehead atoms. The molecule has 1 spiro atoms. The number of furan rings is 1. The number of nitrogens with zero attached hydrogens (tertiary/aromatic N) is 5. The fourth-order valence-electron chi connectivity index (χ4n) is 12.4. The highest BCUT2D eigenvalue weighted by Gasteiger charge is 2.51. The van der Waals surface area contributed by atoms with Crippen molar-refractivity contribution >= 4 is 65.6 Å². The maximum atomic E-state index is 6.69. The molecular formula is C64H37N5O. The summed E-state index contributed by atoms with van der Waals surface area (Å²) in [6.07, 6.45) is 0. The Bertz CT molecular complexity index is 4460. The third kappa shape index (κ3) is 4.88. The van der Waals surface area contributed by atoms with Crippen molar-refractivity contribution in [2.75, 3.05) is 0 Å². The molecule has 0 unspecified atom stereocenters. The van der Waals surface area contributed by atoms with Crippen LogP contribution in [0.1, 0.15) is 22.3 Å². The Labute approximate surface area is 401 Å². The molecule has 2 aliphatic rings. The normalized spacial score (nSPS) is 13.3. The summed E-state index contributed by atoms with van der Waals surface area (Å²) in [7, 11) is 0. The quantitative estimate of drug-likeness (QED) is 0.177. The Morgan fingerprint density at radius 3 is 1.46 bits per heavy atom. The van der Waals surface area contributed by atoms with Crippen LogP contribution in [0.4, 0.5) is 0 Å². The molecule has 0 saturated heterocycles. The first kappa shape index (κ1) is 37.7. The van der Waals surface area contributed by atoms with Crippen molar-refractivity contribution in [3.05, 3.63) is 247 Å². The van der Waals surface area contributed by atoms with Gasteiger partial charge in [-0.1, -0.05) is 176 Å². The number of hydrogen-bond acceptors (Lipinski definition) is 4. The van der Waals surface area contributed by atoms with Gasteiger partial charge in [-0.2, -0.15) is 15.0 Å². The molecule has 0 N–H and O–H groups in total. The van der Waals surface area contributed by atoms with Crippen molar-refractivity contribution < 1.29 is 4.42 Å². The average Bonchev–Trinajstić information content (AvgIpc) is 4.21. The standard InChI is InChI=1S/C64H37N5O/c1-2-17-38(18-3-1)40-25-16-32-58-60(40)47-34-33-39(35-59(47)70-58)61-65-62(68-54-29-13-7-22-44(54)45-23-8-14-30-55(45)68)67-63(66-61)69-56-31-15-9-24-46(56)49-36-53-48(37-57(49)69)43-21-6-12-28-52(43)64(53)50-26-10-4-19-41(50)42-20-5-11-27-51(42)64/h1-37H. The van der Waals surface area contributed by atoms with E-state index < -0.39 is 5.41 Å². The number of benzene rings is 10. The molecule has 0 atom stereocenters. The van der Waals surface area contributed by atoms with Crippen LogP contribution in [0.5, 0.6) is 0 Å². The second kappa shape index (κ2) is 13.8. The Kier molecular flexibility index (Phi) is 7.45. The van der Waals surface area contributed by atoms with Crippen LogP contribution < -0.4 is 0 Å². The lowest BCUT2D eigenvalue weighted by Gasteiger charge is -2.30. The molecule has 0 fully saturated rings. The van der Waals surface area contributed by atoms with E-state index in [2.05, 4.69) is 228 Å². The molecule has 6 heteroatoms. The monoisotopic (exact) mass is 891 g/mol. The van der Waals surface area contributed by atoms with Gasteiger partial charge in [0.25, 0.3) is 0 Å². The molecule has 324 valence electrons. The molecule has 0 radical (unpaired) electrons. The van der Waals surface area contributed by atoms with Gasteiger partial charge in [0.15, 0.2) is 5.82 Å². The van der Waals surface area contributed by atoms with Crippen molar-refractivity contribution in [2.24, 2.45) is 0 Å². The minimum Gasteiger partial charge on any atom is -0.456 e. The van der Waals surface area contributed by atoms with Gasteiger partial charge in [0.2, 0.25) is 11.9 Å². The summed E-state index contributed by atoms with van der Waals surface area (Å²) in [5.41, 5.74) is 18.6. The van der Waals surface area contributed by atoms with Crippen LogP contribution in [-0.2, 0) is 5.41 Å². The van der Waals surface area contributed by atoms with E-state index in [0.29, 0.717) is 17.7 Å². The minimum atomic E-state index is -0.474. The van der Waals surface area contributed by atoms with Gasteiger partial charge in [-0.3, -0.25) is 9.13 Å². The summed E-state index contributed by atoms with van der Waals surface area (Å²) in [5, 5.41) is 6.66. The maximum Gasteiger partial charge on any atom is 0.240 e. The van der Waals surface area contributed by atoms with Crippen molar-refractivity contribution in [3.8, 4) is 56.7 Å². The highest BCUT2D eigenvalue weighted by atomic mass is 16.3. The molecule has 10 aromatic carbocycles. The second-order valence-corrected chi connectivity index (χ2v) is 18.6. The van der Waals surface area contributed by atoms with E-state index in [1.165, 1.54) is 44.5 Å². The van der Waals surface area contributed by atoms with E-state index in [1.807, 2.05) is 6.07 Å². The van der Waals surface area contributed by atoms with Gasteiger partial charge in [-0.15, -0.1) is 0 Å². The number of para-hydroxylation sites is 3. The van der Waals surface area contributed by atoms with Gasteiger partial charge in [-0.05, 0) is 104 Å². The van der Waals surface area contributed by atoms with Crippen LogP contribution in [0.2, 0.25) is 0 Å². The topological polar surface area (TPSA) is 61.7 Å². The van der Waals surface area contributed by atoms with Gasteiger partial charge >= 0.3 is 0 Å². The fraction of sp³-hybridized carbons (Fsp3) is 0.0156. The van der Waals surface area contributed by atoms with Crippen LogP contribution in [0.3, 0.4) is 0 Å². The Hall–Kier alpha value is -9.39. The maximum absolute atomic E-state index is 6.69.